The van der Waals surface area contributed by atoms with Crippen molar-refractivity contribution < 1.29 is 22.3 Å². The molecular weight excluding hydrogens is 371 g/mol. The quantitative estimate of drug-likeness (QED) is 0.701. The molecule has 2 rings (SSSR count). The zero-order valence-corrected chi connectivity index (χ0v) is 15.9. The highest BCUT2D eigenvalue weighted by atomic mass is 32.2. The number of halogens is 1. The summed E-state index contributed by atoms with van der Waals surface area (Å²) in [5.74, 6) is -0.776. The first-order valence-corrected chi connectivity index (χ1v) is 9.55. The summed E-state index contributed by atoms with van der Waals surface area (Å²) in [4.78, 5) is 14.0. The largest absolute Gasteiger partial charge is 0.494 e. The van der Waals surface area contributed by atoms with Crippen LogP contribution in [0.5, 0.6) is 5.75 Å². The second kappa shape index (κ2) is 8.79. The van der Waals surface area contributed by atoms with Crippen molar-refractivity contribution in [2.45, 2.75) is 11.4 Å². The summed E-state index contributed by atoms with van der Waals surface area (Å²) < 4.78 is 45.4. The van der Waals surface area contributed by atoms with Crippen LogP contribution in [-0.2, 0) is 16.6 Å². The Morgan fingerprint density at radius 2 is 2.04 bits per heavy atom. The Balaban J connectivity index is 2.18. The lowest BCUT2D eigenvalue weighted by Crippen LogP contribution is -2.27. The van der Waals surface area contributed by atoms with Crippen LogP contribution in [0.3, 0.4) is 0 Å². The average molecular weight is 392 g/mol. The zero-order chi connectivity index (χ0) is 20.0. The van der Waals surface area contributed by atoms with Crippen molar-refractivity contribution in [2.24, 2.45) is 0 Å². The number of nitrogens with one attached hydrogen (secondary N) is 1. The molecule has 8 heteroatoms. The minimum absolute atomic E-state index is 0.0147. The number of methoxy groups -OCH3 is 1. The van der Waals surface area contributed by atoms with Crippen LogP contribution in [0.1, 0.15) is 15.9 Å². The Kier molecular flexibility index (Phi) is 6.70. The summed E-state index contributed by atoms with van der Waals surface area (Å²) >= 11 is 0. The summed E-state index contributed by atoms with van der Waals surface area (Å²) in [6.07, 6.45) is 1.42. The van der Waals surface area contributed by atoms with E-state index < -0.39 is 15.8 Å². The second-order valence-electron chi connectivity index (χ2n) is 5.80. The van der Waals surface area contributed by atoms with E-state index in [0.29, 0.717) is 5.56 Å². The zero-order valence-electron chi connectivity index (χ0n) is 15.1. The van der Waals surface area contributed by atoms with Crippen molar-refractivity contribution in [3.05, 3.63) is 72.1 Å². The highest BCUT2D eigenvalue weighted by Crippen LogP contribution is 2.19. The van der Waals surface area contributed by atoms with Gasteiger partial charge in [-0.3, -0.25) is 4.79 Å². The lowest BCUT2D eigenvalue weighted by Gasteiger charge is -2.18. The third-order valence-corrected chi connectivity index (χ3v) is 5.21. The van der Waals surface area contributed by atoms with Gasteiger partial charge in [-0.1, -0.05) is 18.2 Å². The number of hydrogen-bond acceptors (Lipinski definition) is 4. The van der Waals surface area contributed by atoms with Gasteiger partial charge < -0.3 is 9.64 Å². The van der Waals surface area contributed by atoms with Crippen LogP contribution < -0.4 is 9.46 Å². The van der Waals surface area contributed by atoms with E-state index in [9.17, 15) is 17.6 Å². The van der Waals surface area contributed by atoms with E-state index in [2.05, 4.69) is 11.3 Å². The molecule has 0 aliphatic rings. The molecule has 0 heterocycles. The minimum Gasteiger partial charge on any atom is -0.494 e. The van der Waals surface area contributed by atoms with Crippen molar-refractivity contribution >= 4 is 15.9 Å². The van der Waals surface area contributed by atoms with Crippen LogP contribution in [0.25, 0.3) is 0 Å². The SMILES string of the molecule is C=CCNS(=O)(=O)c1cccc(C(=O)N(C)Cc2ccc(OC)c(F)c2)c1. The first-order chi connectivity index (χ1) is 12.8. The van der Waals surface area contributed by atoms with Crippen molar-refractivity contribution in [2.75, 3.05) is 20.7 Å². The van der Waals surface area contributed by atoms with Crippen molar-refractivity contribution in [3.8, 4) is 5.75 Å². The van der Waals surface area contributed by atoms with E-state index in [1.165, 1.54) is 54.5 Å². The molecule has 0 unspecified atom stereocenters. The number of sulfonamides is 1. The maximum Gasteiger partial charge on any atom is 0.253 e. The summed E-state index contributed by atoms with van der Waals surface area (Å²) in [5, 5.41) is 0. The van der Waals surface area contributed by atoms with E-state index in [4.69, 9.17) is 4.74 Å². The van der Waals surface area contributed by atoms with E-state index in [0.717, 1.165) is 0 Å². The van der Waals surface area contributed by atoms with E-state index in [1.54, 1.807) is 13.1 Å². The molecule has 144 valence electrons. The van der Waals surface area contributed by atoms with Gasteiger partial charge in [0.2, 0.25) is 10.0 Å². The van der Waals surface area contributed by atoms with Crippen molar-refractivity contribution in [1.82, 2.24) is 9.62 Å². The number of carbonyl (C=O) groups excluding carboxylic acids is 1. The standard InChI is InChI=1S/C19H21FN2O4S/c1-4-10-21-27(24,25)16-7-5-6-15(12-16)19(23)22(2)13-14-8-9-18(26-3)17(20)11-14/h4-9,11-12,21H,1,10,13H2,2-3H3. The molecule has 0 saturated carbocycles. The van der Waals surface area contributed by atoms with E-state index >= 15 is 0 Å². The predicted molar refractivity (Wildman–Crippen MR) is 101 cm³/mol. The highest BCUT2D eigenvalue weighted by molar-refractivity contribution is 7.89. The number of ether oxygens (including phenoxy) is 1. The van der Waals surface area contributed by atoms with Gasteiger partial charge in [-0.15, -0.1) is 6.58 Å². The minimum atomic E-state index is -3.73. The Hall–Kier alpha value is -2.71. The molecule has 0 radical (unpaired) electrons. The number of carbonyl (C=O) groups is 1. The molecular formula is C19H21FN2O4S. The topological polar surface area (TPSA) is 75.7 Å². The molecule has 0 fully saturated rings. The van der Waals surface area contributed by atoms with Gasteiger partial charge in [0.1, 0.15) is 0 Å². The molecule has 0 spiro atoms. The molecule has 0 aliphatic carbocycles. The number of nitrogens with zero attached hydrogens (tertiary/aromatic N) is 1. The van der Waals surface area contributed by atoms with Gasteiger partial charge in [0.05, 0.1) is 12.0 Å². The normalized spacial score (nSPS) is 11.1. The van der Waals surface area contributed by atoms with Gasteiger partial charge in [0.15, 0.2) is 11.6 Å². The van der Waals surface area contributed by atoms with Gasteiger partial charge in [-0.25, -0.2) is 17.5 Å². The fourth-order valence-electron chi connectivity index (χ4n) is 2.42. The molecule has 0 aliphatic heterocycles. The lowest BCUT2D eigenvalue weighted by atomic mass is 10.1. The molecule has 0 aromatic heterocycles. The Bertz CT molecular complexity index is 944. The third kappa shape index (κ3) is 5.15. The molecule has 1 N–H and O–H groups in total. The predicted octanol–water partition coefficient (Wildman–Crippen LogP) is 2.57. The van der Waals surface area contributed by atoms with Gasteiger partial charge in [-0.2, -0.15) is 0 Å². The number of amides is 1. The van der Waals surface area contributed by atoms with Crippen LogP contribution in [-0.4, -0.2) is 39.9 Å². The van der Waals surface area contributed by atoms with Gasteiger partial charge >= 0.3 is 0 Å². The number of benzene rings is 2. The van der Waals surface area contributed by atoms with E-state index in [-0.39, 0.29) is 35.2 Å². The first-order valence-electron chi connectivity index (χ1n) is 8.07. The molecule has 1 amide bonds. The molecule has 2 aromatic rings. The number of rotatable bonds is 8. The van der Waals surface area contributed by atoms with Gasteiger partial charge in [0, 0.05) is 25.7 Å². The van der Waals surface area contributed by atoms with E-state index in [1.807, 2.05) is 0 Å². The maximum atomic E-state index is 13.8. The fraction of sp³-hybridized carbons (Fsp3) is 0.211. The van der Waals surface area contributed by atoms with Crippen LogP contribution in [0.4, 0.5) is 4.39 Å². The lowest BCUT2D eigenvalue weighted by molar-refractivity contribution is 0.0784. The summed E-state index contributed by atoms with van der Waals surface area (Å²) in [6.45, 7) is 3.71. The summed E-state index contributed by atoms with van der Waals surface area (Å²) in [5.41, 5.74) is 0.800. The maximum absolute atomic E-state index is 13.8. The number of hydrogen-bond donors (Lipinski definition) is 1. The second-order valence-corrected chi connectivity index (χ2v) is 7.57. The molecule has 0 saturated heterocycles. The molecule has 6 nitrogen and oxygen atoms in total. The fourth-order valence-corrected chi connectivity index (χ4v) is 3.47. The Morgan fingerprint density at radius 1 is 1.30 bits per heavy atom. The average Bonchev–Trinajstić information content (AvgIpc) is 2.66. The molecule has 0 bridgehead atoms. The Labute approximate surface area is 158 Å². The van der Waals surface area contributed by atoms with Crippen molar-refractivity contribution in [3.63, 3.8) is 0 Å². The van der Waals surface area contributed by atoms with Crippen LogP contribution in [0, 0.1) is 5.82 Å². The molecule has 0 atom stereocenters. The third-order valence-electron chi connectivity index (χ3n) is 3.79. The Morgan fingerprint density at radius 3 is 2.67 bits per heavy atom. The highest BCUT2D eigenvalue weighted by Gasteiger charge is 2.18. The first kappa shape index (κ1) is 20.6. The molecule has 2 aromatic carbocycles. The molecule has 27 heavy (non-hydrogen) atoms. The van der Waals surface area contributed by atoms with Gasteiger partial charge in [0.25, 0.3) is 5.91 Å². The van der Waals surface area contributed by atoms with Crippen LogP contribution in [0.15, 0.2) is 60.0 Å². The monoisotopic (exact) mass is 392 g/mol. The summed E-state index contributed by atoms with van der Waals surface area (Å²) in [6, 6.07) is 10.2. The van der Waals surface area contributed by atoms with Crippen LogP contribution >= 0.6 is 0 Å². The van der Waals surface area contributed by atoms with Crippen LogP contribution in [0.2, 0.25) is 0 Å². The summed E-state index contributed by atoms with van der Waals surface area (Å²) in [7, 11) is -0.801. The smallest absolute Gasteiger partial charge is 0.253 e. The van der Waals surface area contributed by atoms with Gasteiger partial charge in [-0.05, 0) is 35.9 Å². The van der Waals surface area contributed by atoms with Crippen molar-refractivity contribution in [1.29, 1.82) is 0 Å².